The van der Waals surface area contributed by atoms with E-state index in [1.54, 1.807) is 4.90 Å². The topological polar surface area (TPSA) is 106 Å². The van der Waals surface area contributed by atoms with Crippen molar-refractivity contribution < 1.29 is 18.8 Å². The van der Waals surface area contributed by atoms with Gasteiger partial charge in [-0.15, -0.1) is 0 Å². The normalized spacial score (nSPS) is 22.7. The van der Waals surface area contributed by atoms with Crippen molar-refractivity contribution in [1.82, 2.24) is 25.8 Å². The Morgan fingerprint density at radius 1 is 1.09 bits per heavy atom. The molecule has 0 atom stereocenters. The zero-order chi connectivity index (χ0) is 24.4. The molecule has 3 amide bonds. The Hall–Kier alpha value is -2.85. The van der Waals surface area contributed by atoms with Gasteiger partial charge in [-0.25, -0.2) is 4.39 Å². The molecule has 2 aliphatic heterocycles. The maximum atomic E-state index is 13.2. The van der Waals surface area contributed by atoms with Crippen LogP contribution in [0.1, 0.15) is 25.7 Å². The summed E-state index contributed by atoms with van der Waals surface area (Å²) in [5.74, 6) is -1.33. The maximum absolute atomic E-state index is 13.2. The quantitative estimate of drug-likeness (QED) is 0.476. The number of hydrogen-bond donors (Lipinski definition) is 4. The summed E-state index contributed by atoms with van der Waals surface area (Å²) in [4.78, 5) is 42.1. The Morgan fingerprint density at radius 3 is 2.41 bits per heavy atom. The number of likely N-dealkylation sites (N-methyl/N-ethyl adjacent to an activating group) is 1. The van der Waals surface area contributed by atoms with Gasteiger partial charge in [0.1, 0.15) is 17.2 Å². The van der Waals surface area contributed by atoms with Crippen LogP contribution in [0.3, 0.4) is 0 Å². The van der Waals surface area contributed by atoms with E-state index >= 15 is 0 Å². The molecule has 1 aromatic rings. The number of carbonyl (C=O) groups excluding carboxylic acids is 3. The first-order chi connectivity index (χ1) is 16.2. The molecule has 0 spiro atoms. The molecule has 4 N–H and O–H groups in total. The number of nitrogens with one attached hydrogen (secondary N) is 4. The molecular weight excluding hydrogens is 463 g/mol. The molecule has 0 bridgehead atoms. The Balaban J connectivity index is 1.28. The van der Waals surface area contributed by atoms with Crippen LogP contribution in [0.5, 0.6) is 0 Å². The predicted octanol–water partition coefficient (Wildman–Crippen LogP) is 1.23. The third-order valence-electron chi connectivity index (χ3n) is 6.72. The Bertz CT molecular complexity index is 1000. The van der Waals surface area contributed by atoms with Crippen molar-refractivity contribution in [2.45, 2.75) is 37.8 Å². The van der Waals surface area contributed by atoms with Gasteiger partial charge in [0.25, 0.3) is 11.8 Å². The van der Waals surface area contributed by atoms with Crippen LogP contribution in [0.25, 0.3) is 0 Å². The molecule has 184 valence electrons. The fourth-order valence-electron chi connectivity index (χ4n) is 4.46. The lowest BCUT2D eigenvalue weighted by Crippen LogP contribution is -2.60. The van der Waals surface area contributed by atoms with E-state index in [-0.39, 0.29) is 40.4 Å². The van der Waals surface area contributed by atoms with Crippen LogP contribution in [0, 0.1) is 11.7 Å². The van der Waals surface area contributed by atoms with Crippen molar-refractivity contribution in [3.63, 3.8) is 0 Å². The van der Waals surface area contributed by atoms with Gasteiger partial charge < -0.3 is 31.1 Å². The Morgan fingerprint density at radius 2 is 1.76 bits per heavy atom. The highest BCUT2D eigenvalue weighted by molar-refractivity contribution is 6.33. The van der Waals surface area contributed by atoms with Crippen LogP contribution in [0.4, 0.5) is 10.1 Å². The van der Waals surface area contributed by atoms with Crippen molar-refractivity contribution in [3.8, 4) is 0 Å². The number of halogens is 2. The molecule has 1 saturated carbocycles. The van der Waals surface area contributed by atoms with Crippen LogP contribution in [-0.2, 0) is 14.4 Å². The average Bonchev–Trinajstić information content (AvgIpc) is 3.25. The number of amides is 3. The number of benzene rings is 1. The lowest BCUT2D eigenvalue weighted by molar-refractivity contribution is -0.134. The molecule has 1 aromatic carbocycles. The first-order valence-corrected chi connectivity index (χ1v) is 11.8. The minimum atomic E-state index is -0.464. The summed E-state index contributed by atoms with van der Waals surface area (Å²) in [6, 6.07) is 4.10. The summed E-state index contributed by atoms with van der Waals surface area (Å²) in [6.07, 6.45) is 2.49. The second-order valence-electron chi connectivity index (χ2n) is 9.24. The van der Waals surface area contributed by atoms with Gasteiger partial charge in [-0.2, -0.15) is 0 Å². The number of carbonyl (C=O) groups is 3. The number of anilines is 1. The van der Waals surface area contributed by atoms with Crippen LogP contribution in [-0.4, -0.2) is 73.5 Å². The number of likely N-dealkylation sites (tertiary alicyclic amines) is 1. The summed E-state index contributed by atoms with van der Waals surface area (Å²) in [6.45, 7) is 1.61. The summed E-state index contributed by atoms with van der Waals surface area (Å²) in [5.41, 5.74) is 0.953. The first kappa shape index (κ1) is 24.3. The van der Waals surface area contributed by atoms with Gasteiger partial charge in [0.15, 0.2) is 0 Å². The van der Waals surface area contributed by atoms with Crippen molar-refractivity contribution >= 4 is 35.0 Å². The molecule has 1 aliphatic carbocycles. The third-order valence-corrected chi connectivity index (χ3v) is 7.04. The van der Waals surface area contributed by atoms with Gasteiger partial charge in [-0.05, 0) is 58.0 Å². The van der Waals surface area contributed by atoms with Crippen LogP contribution in [0.2, 0.25) is 5.02 Å². The standard InChI is InChI=1S/C23H30ClFN6O3/c1-30(2)16-10-31(11-16)23(34)20-19(26-12-27-20)22(33)28-15-6-3-13(4-7-15)21(32)29-18-8-5-14(25)9-17(18)24/h5,8-9,13,15-16,26-27H,3-4,6-7,10-12H2,1-2H3,(H,28,33)(H,29,32). The summed E-state index contributed by atoms with van der Waals surface area (Å²) in [5, 5.41) is 11.9. The summed E-state index contributed by atoms with van der Waals surface area (Å²) < 4.78 is 13.2. The van der Waals surface area contributed by atoms with E-state index in [2.05, 4.69) is 26.2 Å². The summed E-state index contributed by atoms with van der Waals surface area (Å²) >= 11 is 6.00. The minimum absolute atomic E-state index is 0.0839. The van der Waals surface area contributed by atoms with E-state index in [4.69, 9.17) is 11.6 Å². The second-order valence-corrected chi connectivity index (χ2v) is 9.65. The van der Waals surface area contributed by atoms with Gasteiger partial charge in [0.05, 0.1) is 17.4 Å². The molecule has 34 heavy (non-hydrogen) atoms. The molecule has 2 fully saturated rings. The van der Waals surface area contributed by atoms with Crippen LogP contribution in [0.15, 0.2) is 29.6 Å². The molecule has 9 nitrogen and oxygen atoms in total. The molecule has 4 rings (SSSR count). The van der Waals surface area contributed by atoms with Crippen molar-refractivity contribution in [2.24, 2.45) is 5.92 Å². The van der Waals surface area contributed by atoms with Crippen molar-refractivity contribution in [3.05, 3.63) is 40.4 Å². The fraction of sp³-hybridized carbons (Fsp3) is 0.522. The minimum Gasteiger partial charge on any atom is -0.362 e. The van der Waals surface area contributed by atoms with Gasteiger partial charge in [0, 0.05) is 31.1 Å². The molecule has 0 radical (unpaired) electrons. The molecule has 0 aromatic heterocycles. The van der Waals surface area contributed by atoms with E-state index in [1.165, 1.54) is 12.1 Å². The maximum Gasteiger partial charge on any atom is 0.272 e. The molecule has 1 saturated heterocycles. The lowest BCUT2D eigenvalue weighted by atomic mass is 9.85. The third kappa shape index (κ3) is 5.28. The van der Waals surface area contributed by atoms with Crippen molar-refractivity contribution in [1.29, 1.82) is 0 Å². The van der Waals surface area contributed by atoms with Gasteiger partial charge >= 0.3 is 0 Å². The molecule has 2 heterocycles. The van der Waals surface area contributed by atoms with Gasteiger partial charge in [-0.3, -0.25) is 14.4 Å². The number of nitrogens with zero attached hydrogens (tertiary/aromatic N) is 2. The smallest absolute Gasteiger partial charge is 0.272 e. The Kier molecular flexibility index (Phi) is 7.27. The van der Waals surface area contributed by atoms with E-state index in [9.17, 15) is 18.8 Å². The van der Waals surface area contributed by atoms with E-state index in [0.717, 1.165) is 6.07 Å². The van der Waals surface area contributed by atoms with E-state index in [1.807, 2.05) is 14.1 Å². The predicted molar refractivity (Wildman–Crippen MR) is 126 cm³/mol. The fourth-order valence-corrected chi connectivity index (χ4v) is 4.68. The molecular formula is C23H30ClFN6O3. The van der Waals surface area contributed by atoms with Crippen LogP contribution >= 0.6 is 11.6 Å². The second kappa shape index (κ2) is 10.2. The highest BCUT2D eigenvalue weighted by atomic mass is 35.5. The summed E-state index contributed by atoms with van der Waals surface area (Å²) in [7, 11) is 3.96. The zero-order valence-electron chi connectivity index (χ0n) is 19.3. The lowest BCUT2D eigenvalue weighted by Gasteiger charge is -2.42. The molecule has 3 aliphatic rings. The van der Waals surface area contributed by atoms with Crippen LogP contribution < -0.4 is 21.3 Å². The number of rotatable bonds is 6. The monoisotopic (exact) mass is 492 g/mol. The number of hydrogen-bond acceptors (Lipinski definition) is 6. The SMILES string of the molecule is CN(C)C1CN(C(=O)C2=C(C(=O)NC3CCC(C(=O)Nc4ccc(F)cc4Cl)CC3)NCN2)C1. The molecule has 11 heteroatoms. The van der Waals surface area contributed by atoms with E-state index in [0.29, 0.717) is 62.9 Å². The Labute approximate surface area is 203 Å². The largest absolute Gasteiger partial charge is 0.362 e. The average molecular weight is 493 g/mol. The van der Waals surface area contributed by atoms with E-state index < -0.39 is 5.82 Å². The molecule has 0 unspecified atom stereocenters. The van der Waals surface area contributed by atoms with Crippen molar-refractivity contribution in [2.75, 3.05) is 39.2 Å². The van der Waals surface area contributed by atoms with Gasteiger partial charge in [-0.1, -0.05) is 11.6 Å². The highest BCUT2D eigenvalue weighted by Crippen LogP contribution is 2.28. The van der Waals surface area contributed by atoms with Gasteiger partial charge in [0.2, 0.25) is 5.91 Å². The highest BCUT2D eigenvalue weighted by Gasteiger charge is 2.37. The first-order valence-electron chi connectivity index (χ1n) is 11.5. The zero-order valence-corrected chi connectivity index (χ0v) is 20.0.